The zero-order chi connectivity index (χ0) is 17.6. The van der Waals surface area contributed by atoms with Crippen molar-refractivity contribution in [1.82, 2.24) is 15.6 Å². The molecule has 0 atom stereocenters. The topological polar surface area (TPSA) is 86.3 Å². The summed E-state index contributed by atoms with van der Waals surface area (Å²) in [6, 6.07) is 4.66. The van der Waals surface area contributed by atoms with E-state index >= 15 is 0 Å². The van der Waals surface area contributed by atoms with E-state index in [4.69, 9.17) is 0 Å². The van der Waals surface area contributed by atoms with Crippen LogP contribution >= 0.6 is 0 Å². The van der Waals surface area contributed by atoms with Crippen molar-refractivity contribution in [2.75, 3.05) is 31.6 Å². The van der Waals surface area contributed by atoms with Crippen LogP contribution in [0.5, 0.6) is 0 Å². The van der Waals surface area contributed by atoms with E-state index in [0.29, 0.717) is 25.5 Å². The second-order valence-electron chi connectivity index (χ2n) is 5.42. The molecule has 6 nitrogen and oxygen atoms in total. The van der Waals surface area contributed by atoms with Crippen LogP contribution < -0.4 is 10.6 Å². The Labute approximate surface area is 141 Å². The van der Waals surface area contributed by atoms with Gasteiger partial charge in [-0.15, -0.1) is 0 Å². The monoisotopic (exact) mass is 354 g/mol. The maximum Gasteiger partial charge on any atom is 0.191 e. The van der Waals surface area contributed by atoms with Crippen molar-refractivity contribution in [2.24, 2.45) is 4.99 Å². The average Bonchev–Trinajstić information content (AvgIpc) is 2.95. The highest BCUT2D eigenvalue weighted by molar-refractivity contribution is 7.91. The van der Waals surface area contributed by atoms with Crippen LogP contribution in [0.3, 0.4) is 0 Å². The molecular weight excluding hydrogens is 331 g/mol. The molecule has 24 heavy (non-hydrogen) atoms. The number of guanidine groups is 1. The van der Waals surface area contributed by atoms with Gasteiger partial charge in [0.25, 0.3) is 0 Å². The number of hydrogen-bond donors (Lipinski definition) is 3. The van der Waals surface area contributed by atoms with Gasteiger partial charge in [0.1, 0.15) is 5.82 Å². The molecular formula is C16H23FN4O2S. The molecule has 0 bridgehead atoms. The fraction of sp³-hybridized carbons (Fsp3) is 0.438. The van der Waals surface area contributed by atoms with Crippen molar-refractivity contribution in [2.45, 2.75) is 13.3 Å². The molecule has 0 fully saturated rings. The number of nitrogens with zero attached hydrogens (tertiary/aromatic N) is 1. The molecule has 8 heteroatoms. The minimum Gasteiger partial charge on any atom is -0.361 e. The van der Waals surface area contributed by atoms with Gasteiger partial charge in [-0.1, -0.05) is 6.92 Å². The normalized spacial score (nSPS) is 12.5. The number of aromatic nitrogens is 1. The van der Waals surface area contributed by atoms with Gasteiger partial charge in [0.15, 0.2) is 15.8 Å². The van der Waals surface area contributed by atoms with E-state index in [1.165, 1.54) is 12.1 Å². The summed E-state index contributed by atoms with van der Waals surface area (Å²) in [5, 5.41) is 6.98. The van der Waals surface area contributed by atoms with Gasteiger partial charge in [0.05, 0.1) is 5.75 Å². The molecule has 0 aliphatic heterocycles. The minimum absolute atomic E-state index is 0.0753. The van der Waals surface area contributed by atoms with Gasteiger partial charge in [-0.2, -0.15) is 0 Å². The van der Waals surface area contributed by atoms with Crippen LogP contribution in [0.1, 0.15) is 12.5 Å². The summed E-state index contributed by atoms with van der Waals surface area (Å²) in [6.45, 7) is 2.55. The molecule has 1 aromatic heterocycles. The highest BCUT2D eigenvalue weighted by atomic mass is 32.2. The lowest BCUT2D eigenvalue weighted by molar-refractivity contribution is 0.595. The van der Waals surface area contributed by atoms with Gasteiger partial charge < -0.3 is 15.6 Å². The molecule has 0 saturated heterocycles. The van der Waals surface area contributed by atoms with E-state index in [9.17, 15) is 12.8 Å². The average molecular weight is 354 g/mol. The number of halogens is 1. The molecule has 3 N–H and O–H groups in total. The van der Waals surface area contributed by atoms with E-state index < -0.39 is 9.84 Å². The summed E-state index contributed by atoms with van der Waals surface area (Å²) in [6.07, 6.45) is 2.56. The van der Waals surface area contributed by atoms with Crippen molar-refractivity contribution < 1.29 is 12.8 Å². The van der Waals surface area contributed by atoms with Crippen LogP contribution in [0, 0.1) is 5.82 Å². The molecule has 1 aromatic carbocycles. The third-order valence-electron chi connectivity index (χ3n) is 3.79. The lowest BCUT2D eigenvalue weighted by Crippen LogP contribution is -2.40. The molecule has 0 radical (unpaired) electrons. The smallest absolute Gasteiger partial charge is 0.191 e. The van der Waals surface area contributed by atoms with Crippen molar-refractivity contribution in [3.8, 4) is 0 Å². The second-order valence-corrected chi connectivity index (χ2v) is 7.89. The largest absolute Gasteiger partial charge is 0.361 e. The van der Waals surface area contributed by atoms with Gasteiger partial charge in [-0.25, -0.2) is 12.8 Å². The summed E-state index contributed by atoms with van der Waals surface area (Å²) in [7, 11) is -1.36. The van der Waals surface area contributed by atoms with E-state index in [1.54, 1.807) is 20.0 Å². The number of fused-ring (bicyclic) bond motifs is 1. The third kappa shape index (κ3) is 4.95. The predicted molar refractivity (Wildman–Crippen MR) is 95.7 cm³/mol. The first-order valence-electron chi connectivity index (χ1n) is 7.85. The number of rotatable bonds is 7. The Bertz CT molecular complexity index is 815. The molecule has 2 aromatic rings. The number of hydrogen-bond acceptors (Lipinski definition) is 3. The summed E-state index contributed by atoms with van der Waals surface area (Å²) < 4.78 is 36.3. The Morgan fingerprint density at radius 2 is 2.04 bits per heavy atom. The summed E-state index contributed by atoms with van der Waals surface area (Å²) in [5.41, 5.74) is 1.92. The van der Waals surface area contributed by atoms with E-state index in [-0.39, 0.29) is 17.3 Å². The van der Waals surface area contributed by atoms with Crippen molar-refractivity contribution in [1.29, 1.82) is 0 Å². The molecule has 1 heterocycles. The lowest BCUT2D eigenvalue weighted by atomic mass is 10.1. The summed E-state index contributed by atoms with van der Waals surface area (Å²) in [5.74, 6) is 0.502. The first-order chi connectivity index (χ1) is 11.4. The summed E-state index contributed by atoms with van der Waals surface area (Å²) >= 11 is 0. The number of aliphatic imine (C=N–C) groups is 1. The molecule has 0 saturated carbocycles. The number of sulfone groups is 1. The Kier molecular flexibility index (Phi) is 6.19. The van der Waals surface area contributed by atoms with Gasteiger partial charge >= 0.3 is 0 Å². The highest BCUT2D eigenvalue weighted by Gasteiger charge is 2.08. The predicted octanol–water partition coefficient (Wildman–Crippen LogP) is 1.45. The van der Waals surface area contributed by atoms with Crippen molar-refractivity contribution in [3.63, 3.8) is 0 Å². The van der Waals surface area contributed by atoms with Crippen LogP contribution in [0.4, 0.5) is 4.39 Å². The second kappa shape index (κ2) is 8.14. The molecule has 0 unspecified atom stereocenters. The van der Waals surface area contributed by atoms with Crippen LogP contribution in [0.15, 0.2) is 29.4 Å². The SMILES string of the molecule is CCS(=O)(=O)CCNC(=NC)NCCc1c[nH]c2ccc(F)cc12. The van der Waals surface area contributed by atoms with Gasteiger partial charge in [-0.3, -0.25) is 4.99 Å². The molecule has 0 aliphatic carbocycles. The number of aromatic amines is 1. The maximum atomic E-state index is 13.4. The maximum absolute atomic E-state index is 13.4. The van der Waals surface area contributed by atoms with Crippen molar-refractivity contribution in [3.05, 3.63) is 35.8 Å². The van der Waals surface area contributed by atoms with Gasteiger partial charge in [-0.05, 0) is 30.2 Å². The van der Waals surface area contributed by atoms with Crippen molar-refractivity contribution >= 4 is 26.7 Å². The first-order valence-corrected chi connectivity index (χ1v) is 9.68. The van der Waals surface area contributed by atoms with Gasteiger partial charge in [0, 0.05) is 43.0 Å². The third-order valence-corrected chi connectivity index (χ3v) is 5.49. The summed E-state index contributed by atoms with van der Waals surface area (Å²) in [4.78, 5) is 7.18. The first kappa shape index (κ1) is 18.3. The zero-order valence-electron chi connectivity index (χ0n) is 13.9. The van der Waals surface area contributed by atoms with Crippen LogP contribution in [-0.4, -0.2) is 51.0 Å². The number of H-pyrrole nitrogens is 1. The molecule has 0 aliphatic rings. The molecule has 0 spiro atoms. The lowest BCUT2D eigenvalue weighted by Gasteiger charge is -2.11. The van der Waals surface area contributed by atoms with Crippen LogP contribution in [0.25, 0.3) is 10.9 Å². The molecule has 0 amide bonds. The molecule has 132 valence electrons. The molecule has 2 rings (SSSR count). The van der Waals surface area contributed by atoms with E-state index in [2.05, 4.69) is 20.6 Å². The standard InChI is InChI=1S/C16H23FN4O2S/c1-3-24(22,23)9-8-20-16(18-2)19-7-6-12-11-21-15-5-4-13(17)10-14(12)15/h4-5,10-11,21H,3,6-9H2,1-2H3,(H2,18,19,20). The Morgan fingerprint density at radius 3 is 2.75 bits per heavy atom. The van der Waals surface area contributed by atoms with Gasteiger partial charge in [0.2, 0.25) is 0 Å². The van der Waals surface area contributed by atoms with E-state index in [1.807, 2.05) is 6.20 Å². The Balaban J connectivity index is 1.84. The number of benzene rings is 1. The fourth-order valence-corrected chi connectivity index (χ4v) is 3.06. The van der Waals surface area contributed by atoms with Crippen LogP contribution in [0.2, 0.25) is 0 Å². The Hall–Kier alpha value is -2.09. The quantitative estimate of drug-likeness (QED) is 0.519. The van der Waals surface area contributed by atoms with E-state index in [0.717, 1.165) is 16.5 Å². The fourth-order valence-electron chi connectivity index (χ4n) is 2.36. The zero-order valence-corrected chi connectivity index (χ0v) is 14.7. The van der Waals surface area contributed by atoms with Crippen LogP contribution in [-0.2, 0) is 16.3 Å². The highest BCUT2D eigenvalue weighted by Crippen LogP contribution is 2.19. The minimum atomic E-state index is -2.99. The Morgan fingerprint density at radius 1 is 1.29 bits per heavy atom. The number of nitrogens with one attached hydrogen (secondary N) is 3.